The second-order valence-corrected chi connectivity index (χ2v) is 3.70. The number of hydrogen-bond donors (Lipinski definition) is 0. The van der Waals surface area contributed by atoms with Gasteiger partial charge in [-0.1, -0.05) is 54.9 Å². The molecule has 0 aliphatic heterocycles. The maximum atomic E-state index is 4.04. The summed E-state index contributed by atoms with van der Waals surface area (Å²) in [5.41, 5.74) is 2.35. The summed E-state index contributed by atoms with van der Waals surface area (Å²) in [4.78, 5) is 0. The van der Waals surface area contributed by atoms with Crippen molar-refractivity contribution in [2.24, 2.45) is 0 Å². The minimum Gasteiger partial charge on any atom is -0.159 e. The fourth-order valence-electron chi connectivity index (χ4n) is 0.901. The molecule has 0 unspecified atom stereocenters. The molecule has 0 aliphatic rings. The molecule has 0 aromatic carbocycles. The Hall–Kier alpha value is -0.920. The van der Waals surface area contributed by atoms with E-state index in [1.807, 2.05) is 20.0 Å². The Morgan fingerprint density at radius 2 is 1.62 bits per heavy atom. The highest BCUT2D eigenvalue weighted by Gasteiger charge is 2.00. The third-order valence-corrected chi connectivity index (χ3v) is 1.73. The van der Waals surface area contributed by atoms with E-state index in [1.54, 1.807) is 0 Å². The summed E-state index contributed by atoms with van der Waals surface area (Å²) in [7, 11) is 0. The van der Waals surface area contributed by atoms with Gasteiger partial charge in [-0.3, -0.25) is 0 Å². The topological polar surface area (TPSA) is 25.8 Å². The lowest BCUT2D eigenvalue weighted by molar-refractivity contribution is 0.777. The average molecular weight is 224 g/mol. The Bertz CT molecular complexity index is 244. The summed E-state index contributed by atoms with van der Waals surface area (Å²) >= 11 is 0. The Kier molecular flexibility index (Phi) is 13.3. The van der Waals surface area contributed by atoms with Crippen molar-refractivity contribution in [1.29, 1.82) is 0 Å². The van der Waals surface area contributed by atoms with Crippen molar-refractivity contribution in [2.45, 2.75) is 67.2 Å². The van der Waals surface area contributed by atoms with Gasteiger partial charge in [0.1, 0.15) is 0 Å². The highest BCUT2D eigenvalue weighted by Crippen LogP contribution is 2.11. The van der Waals surface area contributed by atoms with Crippen molar-refractivity contribution in [2.75, 3.05) is 0 Å². The molecular weight excluding hydrogens is 196 g/mol. The highest BCUT2D eigenvalue weighted by atomic mass is 15.1. The number of aryl methyl sites for hydroxylation is 1. The van der Waals surface area contributed by atoms with Crippen LogP contribution in [0.2, 0.25) is 0 Å². The molecule has 0 fully saturated rings. The van der Waals surface area contributed by atoms with Crippen LogP contribution in [0.5, 0.6) is 0 Å². The first-order chi connectivity index (χ1) is 7.65. The number of aromatic nitrogens is 2. The van der Waals surface area contributed by atoms with E-state index in [4.69, 9.17) is 0 Å². The van der Waals surface area contributed by atoms with Gasteiger partial charge in [-0.2, -0.15) is 10.2 Å². The number of rotatable bonds is 2. The van der Waals surface area contributed by atoms with Gasteiger partial charge in [0.15, 0.2) is 0 Å². The van der Waals surface area contributed by atoms with Crippen molar-refractivity contribution >= 4 is 0 Å². The van der Waals surface area contributed by atoms with Crippen LogP contribution in [0.4, 0.5) is 0 Å². The summed E-state index contributed by atoms with van der Waals surface area (Å²) in [5.74, 6) is 0.481. The van der Waals surface area contributed by atoms with E-state index in [0.29, 0.717) is 5.92 Å². The van der Waals surface area contributed by atoms with Gasteiger partial charge >= 0.3 is 0 Å². The Morgan fingerprint density at radius 3 is 2.00 bits per heavy atom. The highest BCUT2D eigenvalue weighted by molar-refractivity contribution is 5.14. The van der Waals surface area contributed by atoms with E-state index < -0.39 is 0 Å². The summed E-state index contributed by atoms with van der Waals surface area (Å²) < 4.78 is 0. The molecule has 0 bridgehead atoms. The van der Waals surface area contributed by atoms with Crippen molar-refractivity contribution in [1.82, 2.24) is 10.2 Å². The Morgan fingerprint density at radius 1 is 1.12 bits per heavy atom. The Labute approximate surface area is 102 Å². The van der Waals surface area contributed by atoms with Gasteiger partial charge in [0.2, 0.25) is 0 Å². The molecule has 0 atom stereocenters. The molecule has 1 heterocycles. The largest absolute Gasteiger partial charge is 0.159 e. The molecule has 0 N–H and O–H groups in total. The molecule has 94 valence electrons. The van der Waals surface area contributed by atoms with Crippen LogP contribution in [0, 0.1) is 0 Å². The van der Waals surface area contributed by atoms with E-state index >= 15 is 0 Å². The van der Waals surface area contributed by atoms with Crippen molar-refractivity contribution in [3.05, 3.63) is 23.5 Å². The molecule has 0 amide bonds. The van der Waals surface area contributed by atoms with E-state index in [9.17, 15) is 0 Å². The number of hydrogen-bond acceptors (Lipinski definition) is 2. The SMILES string of the molecule is CC.CCC.CCc1cnnc(C(C)C)c1. The molecule has 1 rings (SSSR count). The molecular formula is C14H28N2. The molecule has 0 saturated heterocycles. The van der Waals surface area contributed by atoms with Gasteiger partial charge < -0.3 is 0 Å². The summed E-state index contributed by atoms with van der Waals surface area (Å²) in [6, 6.07) is 2.12. The normalized spacial score (nSPS) is 8.75. The monoisotopic (exact) mass is 224 g/mol. The van der Waals surface area contributed by atoms with Crippen LogP contribution in [-0.4, -0.2) is 10.2 Å². The first-order valence-electron chi connectivity index (χ1n) is 6.47. The zero-order valence-corrected chi connectivity index (χ0v) is 12.0. The predicted octanol–water partition coefficient (Wildman–Crippen LogP) is 4.60. The van der Waals surface area contributed by atoms with Crippen LogP contribution in [-0.2, 0) is 6.42 Å². The van der Waals surface area contributed by atoms with Gasteiger partial charge in [0.05, 0.1) is 11.9 Å². The Balaban J connectivity index is 0. The standard InChI is InChI=1S/C9H14N2.C3H8.C2H6/c1-4-8-5-9(7(2)3)11-10-6-8;1-3-2;1-2/h5-7H,4H2,1-3H3;3H2,1-2H3;1-2H3. The quantitative estimate of drug-likeness (QED) is 0.733. The molecule has 1 aromatic heterocycles. The molecule has 0 saturated carbocycles. The molecule has 16 heavy (non-hydrogen) atoms. The predicted molar refractivity (Wildman–Crippen MR) is 72.8 cm³/mol. The lowest BCUT2D eigenvalue weighted by atomic mass is 10.1. The molecule has 0 aliphatic carbocycles. The summed E-state index contributed by atoms with van der Waals surface area (Å²) in [6.45, 7) is 14.6. The minimum absolute atomic E-state index is 0.481. The van der Waals surface area contributed by atoms with Crippen molar-refractivity contribution < 1.29 is 0 Å². The van der Waals surface area contributed by atoms with Gasteiger partial charge in [-0.05, 0) is 24.0 Å². The minimum atomic E-state index is 0.481. The van der Waals surface area contributed by atoms with E-state index in [1.165, 1.54) is 12.0 Å². The fraction of sp³-hybridized carbons (Fsp3) is 0.714. The molecule has 2 nitrogen and oxygen atoms in total. The molecule has 0 spiro atoms. The third kappa shape index (κ3) is 8.39. The lowest BCUT2D eigenvalue weighted by Gasteiger charge is -2.03. The van der Waals surface area contributed by atoms with Crippen LogP contribution < -0.4 is 0 Å². The molecule has 1 aromatic rings. The smallest absolute Gasteiger partial charge is 0.0659 e. The van der Waals surface area contributed by atoms with E-state index in [-0.39, 0.29) is 0 Å². The molecule has 2 heteroatoms. The van der Waals surface area contributed by atoms with Crippen LogP contribution >= 0.6 is 0 Å². The second kappa shape index (κ2) is 12.2. The zero-order chi connectivity index (χ0) is 13.0. The second-order valence-electron chi connectivity index (χ2n) is 3.70. The van der Waals surface area contributed by atoms with E-state index in [0.717, 1.165) is 12.1 Å². The van der Waals surface area contributed by atoms with Crippen molar-refractivity contribution in [3.8, 4) is 0 Å². The van der Waals surface area contributed by atoms with Gasteiger partial charge in [0, 0.05) is 0 Å². The number of nitrogens with zero attached hydrogens (tertiary/aromatic N) is 2. The van der Waals surface area contributed by atoms with Crippen LogP contribution in [0.1, 0.15) is 72.1 Å². The van der Waals surface area contributed by atoms with Crippen LogP contribution in [0.25, 0.3) is 0 Å². The first kappa shape index (κ1) is 17.5. The zero-order valence-electron chi connectivity index (χ0n) is 12.0. The maximum Gasteiger partial charge on any atom is 0.0659 e. The average Bonchev–Trinajstić information content (AvgIpc) is 2.33. The van der Waals surface area contributed by atoms with E-state index in [2.05, 4.69) is 50.9 Å². The van der Waals surface area contributed by atoms with Crippen molar-refractivity contribution in [3.63, 3.8) is 0 Å². The van der Waals surface area contributed by atoms with Crippen LogP contribution in [0.15, 0.2) is 12.3 Å². The maximum absolute atomic E-state index is 4.04. The first-order valence-corrected chi connectivity index (χ1v) is 6.47. The van der Waals surface area contributed by atoms with Crippen LogP contribution in [0.3, 0.4) is 0 Å². The van der Waals surface area contributed by atoms with Gasteiger partial charge in [-0.25, -0.2) is 0 Å². The molecule has 0 radical (unpaired) electrons. The fourth-order valence-corrected chi connectivity index (χ4v) is 0.901. The van der Waals surface area contributed by atoms with Gasteiger partial charge in [0.25, 0.3) is 0 Å². The third-order valence-electron chi connectivity index (χ3n) is 1.73. The lowest BCUT2D eigenvalue weighted by Crippen LogP contribution is -1.96. The van der Waals surface area contributed by atoms with Gasteiger partial charge in [-0.15, -0.1) is 0 Å². The summed E-state index contributed by atoms with van der Waals surface area (Å²) in [6.07, 6.45) is 4.11. The summed E-state index contributed by atoms with van der Waals surface area (Å²) in [5, 5.41) is 7.96.